The van der Waals surface area contributed by atoms with Gasteiger partial charge < -0.3 is 4.98 Å². The largest absolute Gasteiger partial charge is 0.348 e. The number of imidazole rings is 1. The Morgan fingerprint density at radius 2 is 2.20 bits per heavy atom. The average molecular weight is 263 g/mol. The number of rotatable bonds is 2. The van der Waals surface area contributed by atoms with E-state index in [1.807, 2.05) is 18.3 Å². The molecule has 0 radical (unpaired) electrons. The molecule has 2 nitrogen and oxygen atoms in total. The molecule has 3 heteroatoms. The van der Waals surface area contributed by atoms with Gasteiger partial charge in [-0.1, -0.05) is 28.1 Å². The van der Waals surface area contributed by atoms with Crippen molar-refractivity contribution in [3.63, 3.8) is 0 Å². The zero-order chi connectivity index (χ0) is 10.3. The van der Waals surface area contributed by atoms with Crippen LogP contribution in [-0.4, -0.2) is 9.97 Å². The molecule has 1 aliphatic rings. The predicted octanol–water partition coefficient (Wildman–Crippen LogP) is 3.72. The number of hydrogen-bond acceptors (Lipinski definition) is 1. The Bertz CT molecular complexity index is 486. The third-order valence-corrected chi connectivity index (χ3v) is 3.18. The number of halogens is 1. The monoisotopic (exact) mass is 262 g/mol. The summed E-state index contributed by atoms with van der Waals surface area (Å²) in [5.41, 5.74) is 2.20. The molecule has 1 N–H and O–H groups in total. The first-order valence-electron chi connectivity index (χ1n) is 5.14. The van der Waals surface area contributed by atoms with E-state index in [1.54, 1.807) is 0 Å². The smallest absolute Gasteiger partial charge is 0.109 e. The van der Waals surface area contributed by atoms with Crippen molar-refractivity contribution in [3.8, 4) is 11.3 Å². The Morgan fingerprint density at radius 1 is 1.33 bits per heavy atom. The lowest BCUT2D eigenvalue weighted by Crippen LogP contribution is -1.82. The normalized spacial score (nSPS) is 15.5. The number of aromatic nitrogens is 2. The number of benzene rings is 1. The van der Waals surface area contributed by atoms with Crippen LogP contribution in [0.25, 0.3) is 11.3 Å². The third kappa shape index (κ3) is 1.84. The summed E-state index contributed by atoms with van der Waals surface area (Å²) in [6.07, 6.45) is 4.56. The molecule has 0 aliphatic heterocycles. The first-order chi connectivity index (χ1) is 7.33. The van der Waals surface area contributed by atoms with Crippen LogP contribution in [-0.2, 0) is 0 Å². The molecule has 2 aromatic rings. The van der Waals surface area contributed by atoms with Gasteiger partial charge in [0.2, 0.25) is 0 Å². The molecule has 15 heavy (non-hydrogen) atoms. The average Bonchev–Trinajstić information content (AvgIpc) is 2.97. The van der Waals surface area contributed by atoms with Crippen LogP contribution in [0.2, 0.25) is 0 Å². The quantitative estimate of drug-likeness (QED) is 0.878. The van der Waals surface area contributed by atoms with Gasteiger partial charge in [-0.3, -0.25) is 0 Å². The maximum absolute atomic E-state index is 4.61. The zero-order valence-electron chi connectivity index (χ0n) is 8.20. The van der Waals surface area contributed by atoms with Gasteiger partial charge in [-0.05, 0) is 25.0 Å². The maximum Gasteiger partial charge on any atom is 0.109 e. The van der Waals surface area contributed by atoms with E-state index in [2.05, 4.69) is 38.0 Å². The summed E-state index contributed by atoms with van der Waals surface area (Å²) in [6, 6.07) is 8.23. The van der Waals surface area contributed by atoms with E-state index in [1.165, 1.54) is 12.8 Å². The summed E-state index contributed by atoms with van der Waals surface area (Å²) in [5, 5.41) is 0. The summed E-state index contributed by atoms with van der Waals surface area (Å²) in [5.74, 6) is 1.83. The van der Waals surface area contributed by atoms with Gasteiger partial charge in [0.05, 0.1) is 5.69 Å². The maximum atomic E-state index is 4.61. The zero-order valence-corrected chi connectivity index (χ0v) is 9.79. The van der Waals surface area contributed by atoms with E-state index in [9.17, 15) is 0 Å². The van der Waals surface area contributed by atoms with Gasteiger partial charge in [0, 0.05) is 22.2 Å². The summed E-state index contributed by atoms with van der Waals surface area (Å²) >= 11 is 3.47. The molecule has 0 unspecified atom stereocenters. The van der Waals surface area contributed by atoms with E-state index in [0.717, 1.165) is 21.6 Å². The van der Waals surface area contributed by atoms with Crippen LogP contribution in [0.5, 0.6) is 0 Å². The first kappa shape index (κ1) is 9.16. The lowest BCUT2D eigenvalue weighted by atomic mass is 10.2. The van der Waals surface area contributed by atoms with Gasteiger partial charge >= 0.3 is 0 Å². The standard InChI is InChI=1S/C12H11BrN2/c13-10-3-1-2-9(6-10)11-7-14-12(15-11)8-4-5-8/h1-3,6-8H,4-5H2,(H,14,15). The minimum absolute atomic E-state index is 0.686. The Morgan fingerprint density at radius 3 is 2.93 bits per heavy atom. The van der Waals surface area contributed by atoms with Gasteiger partial charge in [0.25, 0.3) is 0 Å². The van der Waals surface area contributed by atoms with Gasteiger partial charge in [-0.25, -0.2) is 4.98 Å². The molecule has 0 amide bonds. The third-order valence-electron chi connectivity index (χ3n) is 2.68. The second-order valence-corrected chi connectivity index (χ2v) is 4.87. The molecule has 1 saturated carbocycles. The Balaban J connectivity index is 1.97. The van der Waals surface area contributed by atoms with E-state index < -0.39 is 0 Å². The molecule has 0 spiro atoms. The molecule has 1 aliphatic carbocycles. The minimum atomic E-state index is 0.686. The topological polar surface area (TPSA) is 28.7 Å². The second-order valence-electron chi connectivity index (χ2n) is 3.96. The number of H-pyrrole nitrogens is 1. The molecule has 1 heterocycles. The van der Waals surface area contributed by atoms with Crippen LogP contribution < -0.4 is 0 Å². The molecule has 76 valence electrons. The summed E-state index contributed by atoms with van der Waals surface area (Å²) < 4.78 is 1.09. The molecular weight excluding hydrogens is 252 g/mol. The highest BCUT2D eigenvalue weighted by molar-refractivity contribution is 9.10. The Labute approximate surface area is 96.9 Å². The summed E-state index contributed by atoms with van der Waals surface area (Å²) in [4.78, 5) is 7.87. The van der Waals surface area contributed by atoms with Crippen molar-refractivity contribution in [1.82, 2.24) is 9.97 Å². The fraction of sp³-hybridized carbons (Fsp3) is 0.250. The minimum Gasteiger partial charge on any atom is -0.348 e. The van der Waals surface area contributed by atoms with Gasteiger partial charge in [-0.2, -0.15) is 0 Å². The summed E-state index contributed by atoms with van der Waals surface area (Å²) in [6.45, 7) is 0. The molecule has 0 saturated heterocycles. The van der Waals surface area contributed by atoms with Crippen LogP contribution >= 0.6 is 15.9 Å². The van der Waals surface area contributed by atoms with Crippen molar-refractivity contribution in [3.05, 3.63) is 40.8 Å². The van der Waals surface area contributed by atoms with Crippen LogP contribution in [0, 0.1) is 0 Å². The van der Waals surface area contributed by atoms with Crippen LogP contribution in [0.3, 0.4) is 0 Å². The van der Waals surface area contributed by atoms with E-state index in [4.69, 9.17) is 0 Å². The predicted molar refractivity (Wildman–Crippen MR) is 63.7 cm³/mol. The van der Waals surface area contributed by atoms with Gasteiger partial charge in [0.1, 0.15) is 5.82 Å². The SMILES string of the molecule is Brc1cccc(-c2c[nH]c(C3CC3)n2)c1. The Kier molecular flexibility index (Phi) is 2.13. The number of hydrogen-bond donors (Lipinski definition) is 1. The van der Waals surface area contributed by atoms with Crippen molar-refractivity contribution in [2.24, 2.45) is 0 Å². The van der Waals surface area contributed by atoms with Crippen LogP contribution in [0.1, 0.15) is 24.6 Å². The van der Waals surface area contributed by atoms with Crippen molar-refractivity contribution in [2.45, 2.75) is 18.8 Å². The number of aromatic amines is 1. The van der Waals surface area contributed by atoms with Crippen molar-refractivity contribution in [2.75, 3.05) is 0 Å². The van der Waals surface area contributed by atoms with Gasteiger partial charge in [-0.15, -0.1) is 0 Å². The molecular formula is C12H11BrN2. The van der Waals surface area contributed by atoms with Crippen molar-refractivity contribution in [1.29, 1.82) is 0 Å². The highest BCUT2D eigenvalue weighted by atomic mass is 79.9. The molecule has 1 fully saturated rings. The second kappa shape index (κ2) is 3.49. The molecule has 1 aromatic heterocycles. The fourth-order valence-electron chi connectivity index (χ4n) is 1.70. The lowest BCUT2D eigenvalue weighted by Gasteiger charge is -1.96. The van der Waals surface area contributed by atoms with E-state index in [0.29, 0.717) is 5.92 Å². The molecule has 1 aromatic carbocycles. The Hall–Kier alpha value is -1.09. The van der Waals surface area contributed by atoms with Crippen LogP contribution in [0.4, 0.5) is 0 Å². The van der Waals surface area contributed by atoms with Crippen molar-refractivity contribution < 1.29 is 0 Å². The van der Waals surface area contributed by atoms with Gasteiger partial charge in [0.15, 0.2) is 0 Å². The molecule has 3 rings (SSSR count). The van der Waals surface area contributed by atoms with Crippen molar-refractivity contribution >= 4 is 15.9 Å². The lowest BCUT2D eigenvalue weighted by molar-refractivity contribution is 0.977. The number of nitrogens with one attached hydrogen (secondary N) is 1. The molecule has 0 bridgehead atoms. The number of nitrogens with zero attached hydrogens (tertiary/aromatic N) is 1. The van der Waals surface area contributed by atoms with Crippen LogP contribution in [0.15, 0.2) is 34.9 Å². The fourth-order valence-corrected chi connectivity index (χ4v) is 2.10. The highest BCUT2D eigenvalue weighted by Gasteiger charge is 2.26. The first-order valence-corrected chi connectivity index (χ1v) is 5.93. The summed E-state index contributed by atoms with van der Waals surface area (Å²) in [7, 11) is 0. The highest BCUT2D eigenvalue weighted by Crippen LogP contribution is 2.38. The molecule has 0 atom stereocenters. The van der Waals surface area contributed by atoms with E-state index in [-0.39, 0.29) is 0 Å². The van der Waals surface area contributed by atoms with E-state index >= 15 is 0 Å².